The molecule has 0 aromatic carbocycles. The molecule has 0 heterocycles. The molecule has 16 valence electrons. The molecule has 0 aliphatic rings. The van der Waals surface area contributed by atoms with E-state index in [1.54, 1.807) is 0 Å². The molecular formula is H4CaFeKNa. The standard InChI is InChI=1S/Ca.Fe.K.Na.4H. The minimum absolute atomic E-state index is 0. The molecule has 0 unspecified atom stereocenters. The van der Waals surface area contributed by atoms with Gasteiger partial charge in [0.1, 0.15) is 0 Å². The van der Waals surface area contributed by atoms with Crippen LogP contribution in [-0.4, -0.2) is 119 Å². The van der Waals surface area contributed by atoms with E-state index in [0.717, 1.165) is 0 Å². The average molecular weight is 162 g/mol. The van der Waals surface area contributed by atoms with E-state index in [2.05, 4.69) is 0 Å². The van der Waals surface area contributed by atoms with Gasteiger partial charge >= 0.3 is 119 Å². The first-order chi connectivity index (χ1) is 0. The summed E-state index contributed by atoms with van der Waals surface area (Å²) in [6.45, 7) is 0. The molecule has 4 heavy (non-hydrogen) atoms. The first kappa shape index (κ1) is 23.7. The second-order valence-electron chi connectivity index (χ2n) is 0. The van der Waals surface area contributed by atoms with Crippen LogP contribution < -0.4 is 0 Å². The number of hydrogen-bond acceptors (Lipinski definition) is 0. The van der Waals surface area contributed by atoms with Crippen LogP contribution in [0.15, 0.2) is 0 Å². The van der Waals surface area contributed by atoms with Gasteiger partial charge in [-0.2, -0.15) is 0 Å². The van der Waals surface area contributed by atoms with Crippen molar-refractivity contribution in [2.75, 3.05) is 0 Å². The van der Waals surface area contributed by atoms with Crippen LogP contribution in [0, 0.1) is 0 Å². The van der Waals surface area contributed by atoms with Crippen LogP contribution in [0.25, 0.3) is 0 Å². The van der Waals surface area contributed by atoms with Gasteiger partial charge in [0.25, 0.3) is 0 Å². The van der Waals surface area contributed by atoms with Crippen LogP contribution in [0.5, 0.6) is 0 Å². The zero-order valence-electron chi connectivity index (χ0n) is 0.354. The van der Waals surface area contributed by atoms with Gasteiger partial charge in [-0.1, -0.05) is 0 Å². The van der Waals surface area contributed by atoms with Crippen molar-refractivity contribution >= 4 is 119 Å². The van der Waals surface area contributed by atoms with Crippen LogP contribution in [0.3, 0.4) is 0 Å². The normalized spacial score (nSPS) is 0. The van der Waals surface area contributed by atoms with Crippen LogP contribution >= 0.6 is 0 Å². The van der Waals surface area contributed by atoms with E-state index in [4.69, 9.17) is 0 Å². The fraction of sp³-hybridized carbons (Fsp3) is 0. The van der Waals surface area contributed by atoms with Crippen molar-refractivity contribution in [3.8, 4) is 0 Å². The Balaban J connectivity index is 0. The van der Waals surface area contributed by atoms with Crippen molar-refractivity contribution < 1.29 is 17.1 Å². The molecule has 0 aromatic heterocycles. The quantitative estimate of drug-likeness (QED) is 0.354. The third-order valence-corrected chi connectivity index (χ3v) is 0. The third kappa shape index (κ3) is 9.65. The Morgan fingerprint density at radius 1 is 1.00 bits per heavy atom. The van der Waals surface area contributed by atoms with Gasteiger partial charge in [0.15, 0.2) is 0 Å². The molecule has 0 atom stereocenters. The van der Waals surface area contributed by atoms with E-state index in [0.29, 0.717) is 0 Å². The van der Waals surface area contributed by atoms with Crippen LogP contribution in [-0.2, 0) is 17.1 Å². The summed E-state index contributed by atoms with van der Waals surface area (Å²) in [5.41, 5.74) is 0. The summed E-state index contributed by atoms with van der Waals surface area (Å²) < 4.78 is 0. The van der Waals surface area contributed by atoms with Gasteiger partial charge in [-0.3, -0.25) is 0 Å². The van der Waals surface area contributed by atoms with Gasteiger partial charge in [-0.25, -0.2) is 0 Å². The van der Waals surface area contributed by atoms with Crippen LogP contribution in [0.1, 0.15) is 0 Å². The van der Waals surface area contributed by atoms with Crippen molar-refractivity contribution in [1.82, 2.24) is 0 Å². The summed E-state index contributed by atoms with van der Waals surface area (Å²) in [6, 6.07) is 0. The molecule has 0 aliphatic carbocycles. The molecular weight excluding hydrogens is 158 g/mol. The van der Waals surface area contributed by atoms with Gasteiger partial charge in [0, 0.05) is 17.1 Å². The molecule has 0 radical (unpaired) electrons. The summed E-state index contributed by atoms with van der Waals surface area (Å²) in [5.74, 6) is 0. The Labute approximate surface area is 131 Å². The molecule has 0 saturated heterocycles. The number of rotatable bonds is 0. The molecule has 0 saturated carbocycles. The van der Waals surface area contributed by atoms with E-state index in [-0.39, 0.29) is 136 Å². The summed E-state index contributed by atoms with van der Waals surface area (Å²) in [5, 5.41) is 0. The summed E-state index contributed by atoms with van der Waals surface area (Å²) in [4.78, 5) is 0. The molecule has 4 heteroatoms. The predicted octanol–water partition coefficient (Wildman–Crippen LogP) is -2.22. The molecule has 0 nitrogen and oxygen atoms in total. The molecule has 0 fully saturated rings. The fourth-order valence-corrected chi connectivity index (χ4v) is 0. The average Bonchev–Trinajstić information content (AvgIpc) is 0. The maximum absolute atomic E-state index is 0. The molecule has 0 amide bonds. The van der Waals surface area contributed by atoms with Crippen molar-refractivity contribution in [3.63, 3.8) is 0 Å². The van der Waals surface area contributed by atoms with Gasteiger partial charge in [-0.15, -0.1) is 0 Å². The van der Waals surface area contributed by atoms with E-state index in [1.807, 2.05) is 0 Å². The minimum atomic E-state index is 0. The van der Waals surface area contributed by atoms with Gasteiger partial charge < -0.3 is 0 Å². The summed E-state index contributed by atoms with van der Waals surface area (Å²) >= 11 is 0. The molecule has 0 spiro atoms. The monoisotopic (exact) mass is 162 g/mol. The van der Waals surface area contributed by atoms with E-state index in [9.17, 15) is 0 Å². The van der Waals surface area contributed by atoms with Gasteiger partial charge in [-0.05, 0) is 0 Å². The Kier molecular flexibility index (Phi) is 92.9. The SMILES string of the molecule is [CaH2].[Fe].[KH].[NaH]. The third-order valence-electron chi connectivity index (χ3n) is 0. The predicted molar refractivity (Wildman–Crippen MR) is 22.8 cm³/mol. The van der Waals surface area contributed by atoms with Crippen LogP contribution in [0.4, 0.5) is 0 Å². The van der Waals surface area contributed by atoms with E-state index in [1.165, 1.54) is 0 Å². The van der Waals surface area contributed by atoms with E-state index < -0.39 is 0 Å². The second-order valence-corrected chi connectivity index (χ2v) is 0. The molecule has 0 aliphatic heterocycles. The number of hydrogen-bond donors (Lipinski definition) is 0. The van der Waals surface area contributed by atoms with Gasteiger partial charge in [0.05, 0.1) is 0 Å². The molecule has 0 N–H and O–H groups in total. The summed E-state index contributed by atoms with van der Waals surface area (Å²) in [7, 11) is 0. The molecule has 0 aromatic rings. The maximum atomic E-state index is 0. The Bertz CT molecular complexity index is 8.00. The first-order valence-corrected chi connectivity index (χ1v) is 0. The first-order valence-electron chi connectivity index (χ1n) is 0. The van der Waals surface area contributed by atoms with Crippen molar-refractivity contribution in [3.05, 3.63) is 0 Å². The van der Waals surface area contributed by atoms with E-state index >= 15 is 0 Å². The fourth-order valence-electron chi connectivity index (χ4n) is 0. The van der Waals surface area contributed by atoms with Crippen molar-refractivity contribution in [1.29, 1.82) is 0 Å². The Hall–Kier alpha value is 4.42. The molecule has 0 rings (SSSR count). The summed E-state index contributed by atoms with van der Waals surface area (Å²) in [6.07, 6.45) is 0. The van der Waals surface area contributed by atoms with Gasteiger partial charge in [0.2, 0.25) is 0 Å². The van der Waals surface area contributed by atoms with Crippen LogP contribution in [0.2, 0.25) is 0 Å². The van der Waals surface area contributed by atoms with Crippen molar-refractivity contribution in [2.24, 2.45) is 0 Å². The zero-order chi connectivity index (χ0) is 0. The Morgan fingerprint density at radius 2 is 1.00 bits per heavy atom. The second kappa shape index (κ2) is 15.7. The molecule has 0 bridgehead atoms. The zero-order valence-corrected chi connectivity index (χ0v) is 1.46. The van der Waals surface area contributed by atoms with Crippen molar-refractivity contribution in [2.45, 2.75) is 0 Å². The Morgan fingerprint density at radius 3 is 1.00 bits per heavy atom. The topological polar surface area (TPSA) is 0 Å².